The molecular formula is C22H26N2O2. The van der Waals surface area contributed by atoms with Crippen molar-refractivity contribution in [1.82, 2.24) is 10.2 Å². The molecule has 2 aromatic carbocycles. The Balaban J connectivity index is 1.49. The van der Waals surface area contributed by atoms with E-state index in [-0.39, 0.29) is 17.9 Å². The number of piperidine rings is 1. The van der Waals surface area contributed by atoms with E-state index in [9.17, 15) is 9.59 Å². The number of amides is 2. The normalized spacial score (nSPS) is 14.9. The SMILES string of the molecule is Cc1ccc(CC(=O)N2CCC(NC(=O)c3ccccc3C)CC2)cc1. The highest BCUT2D eigenvalue weighted by molar-refractivity contribution is 5.95. The Morgan fingerprint density at radius 2 is 1.65 bits per heavy atom. The molecule has 0 saturated carbocycles. The average molecular weight is 350 g/mol. The molecule has 0 bridgehead atoms. The Kier molecular flexibility index (Phi) is 5.71. The van der Waals surface area contributed by atoms with E-state index in [0.717, 1.165) is 29.5 Å². The molecule has 1 saturated heterocycles. The Bertz CT molecular complexity index is 775. The number of carbonyl (C=O) groups excluding carboxylic acids is 2. The third kappa shape index (κ3) is 4.51. The van der Waals surface area contributed by atoms with E-state index in [0.29, 0.717) is 19.5 Å². The third-order valence-electron chi connectivity index (χ3n) is 5.05. The molecule has 4 nitrogen and oxygen atoms in total. The van der Waals surface area contributed by atoms with Crippen molar-refractivity contribution in [3.8, 4) is 0 Å². The maximum Gasteiger partial charge on any atom is 0.251 e. The van der Waals surface area contributed by atoms with Gasteiger partial charge in [-0.1, -0.05) is 48.0 Å². The Morgan fingerprint density at radius 1 is 1.00 bits per heavy atom. The summed E-state index contributed by atoms with van der Waals surface area (Å²) in [6, 6.07) is 15.9. The Labute approximate surface area is 155 Å². The van der Waals surface area contributed by atoms with Crippen LogP contribution in [-0.4, -0.2) is 35.8 Å². The molecule has 26 heavy (non-hydrogen) atoms. The number of rotatable bonds is 4. The third-order valence-corrected chi connectivity index (χ3v) is 5.05. The predicted octanol–water partition coefficient (Wildman–Crippen LogP) is 3.27. The van der Waals surface area contributed by atoms with Crippen LogP contribution in [0.15, 0.2) is 48.5 Å². The summed E-state index contributed by atoms with van der Waals surface area (Å²) in [5.41, 5.74) is 3.96. The van der Waals surface area contributed by atoms with Gasteiger partial charge in [-0.2, -0.15) is 0 Å². The number of likely N-dealkylation sites (tertiary alicyclic amines) is 1. The monoisotopic (exact) mass is 350 g/mol. The van der Waals surface area contributed by atoms with Gasteiger partial charge in [0.05, 0.1) is 6.42 Å². The molecule has 0 radical (unpaired) electrons. The van der Waals surface area contributed by atoms with Crippen LogP contribution in [0.4, 0.5) is 0 Å². The van der Waals surface area contributed by atoms with Crippen molar-refractivity contribution in [2.45, 2.75) is 39.2 Å². The van der Waals surface area contributed by atoms with Crippen molar-refractivity contribution in [3.63, 3.8) is 0 Å². The fraction of sp³-hybridized carbons (Fsp3) is 0.364. The van der Waals surface area contributed by atoms with Crippen LogP contribution in [0.5, 0.6) is 0 Å². The van der Waals surface area contributed by atoms with Gasteiger partial charge in [-0.15, -0.1) is 0 Å². The number of carbonyl (C=O) groups is 2. The molecule has 1 fully saturated rings. The average Bonchev–Trinajstić information content (AvgIpc) is 2.64. The molecule has 1 N–H and O–H groups in total. The second-order valence-electron chi connectivity index (χ2n) is 7.11. The van der Waals surface area contributed by atoms with Gasteiger partial charge in [0.15, 0.2) is 0 Å². The minimum atomic E-state index is -0.0208. The largest absolute Gasteiger partial charge is 0.349 e. The lowest BCUT2D eigenvalue weighted by Crippen LogP contribution is -2.47. The lowest BCUT2D eigenvalue weighted by molar-refractivity contribution is -0.131. The summed E-state index contributed by atoms with van der Waals surface area (Å²) in [6.07, 6.45) is 2.05. The molecule has 3 rings (SSSR count). The second-order valence-corrected chi connectivity index (χ2v) is 7.11. The minimum Gasteiger partial charge on any atom is -0.349 e. The Morgan fingerprint density at radius 3 is 2.31 bits per heavy atom. The Hall–Kier alpha value is -2.62. The van der Waals surface area contributed by atoms with Gasteiger partial charge in [0.1, 0.15) is 0 Å². The number of hydrogen-bond acceptors (Lipinski definition) is 2. The van der Waals surface area contributed by atoms with Gasteiger partial charge >= 0.3 is 0 Å². The van der Waals surface area contributed by atoms with Crippen molar-refractivity contribution in [3.05, 3.63) is 70.8 Å². The van der Waals surface area contributed by atoms with Crippen LogP contribution in [0.2, 0.25) is 0 Å². The summed E-state index contributed by atoms with van der Waals surface area (Å²) >= 11 is 0. The van der Waals surface area contributed by atoms with E-state index in [1.54, 1.807) is 0 Å². The maximum absolute atomic E-state index is 12.5. The smallest absolute Gasteiger partial charge is 0.251 e. The van der Waals surface area contributed by atoms with Crippen molar-refractivity contribution >= 4 is 11.8 Å². The van der Waals surface area contributed by atoms with Gasteiger partial charge in [-0.25, -0.2) is 0 Å². The number of nitrogens with one attached hydrogen (secondary N) is 1. The van der Waals surface area contributed by atoms with E-state index in [2.05, 4.69) is 5.32 Å². The summed E-state index contributed by atoms with van der Waals surface area (Å²) in [5.74, 6) is 0.144. The van der Waals surface area contributed by atoms with Gasteiger partial charge in [0.2, 0.25) is 5.91 Å². The number of nitrogens with zero attached hydrogens (tertiary/aromatic N) is 1. The molecule has 0 spiro atoms. The molecule has 1 aliphatic rings. The maximum atomic E-state index is 12.5. The van der Waals surface area contributed by atoms with Gasteiger partial charge in [-0.3, -0.25) is 9.59 Å². The fourth-order valence-corrected chi connectivity index (χ4v) is 3.36. The standard InChI is InChI=1S/C22H26N2O2/c1-16-7-9-18(10-8-16)15-21(25)24-13-11-19(12-14-24)23-22(26)20-6-4-3-5-17(20)2/h3-10,19H,11-15H2,1-2H3,(H,23,26). The first-order chi connectivity index (χ1) is 12.5. The van der Waals surface area contributed by atoms with Crippen LogP contribution in [0, 0.1) is 13.8 Å². The molecule has 0 unspecified atom stereocenters. The van der Waals surface area contributed by atoms with Crippen molar-refractivity contribution < 1.29 is 9.59 Å². The predicted molar refractivity (Wildman–Crippen MR) is 103 cm³/mol. The summed E-state index contributed by atoms with van der Waals surface area (Å²) in [4.78, 5) is 26.8. The molecule has 2 amide bonds. The molecule has 4 heteroatoms. The zero-order valence-electron chi connectivity index (χ0n) is 15.5. The number of aryl methyl sites for hydroxylation is 2. The molecule has 1 aliphatic heterocycles. The quantitative estimate of drug-likeness (QED) is 0.920. The van der Waals surface area contributed by atoms with E-state index in [1.807, 2.05) is 67.3 Å². The van der Waals surface area contributed by atoms with Crippen molar-refractivity contribution in [1.29, 1.82) is 0 Å². The van der Waals surface area contributed by atoms with Gasteiger partial charge in [0.25, 0.3) is 5.91 Å². The number of benzene rings is 2. The molecular weight excluding hydrogens is 324 g/mol. The van der Waals surface area contributed by atoms with E-state index in [1.165, 1.54) is 5.56 Å². The topological polar surface area (TPSA) is 49.4 Å². The zero-order valence-corrected chi connectivity index (χ0v) is 15.5. The summed E-state index contributed by atoms with van der Waals surface area (Å²) in [6.45, 7) is 5.38. The van der Waals surface area contributed by atoms with E-state index in [4.69, 9.17) is 0 Å². The van der Waals surface area contributed by atoms with Gasteiger partial charge < -0.3 is 10.2 Å². The summed E-state index contributed by atoms with van der Waals surface area (Å²) in [5, 5.41) is 3.11. The molecule has 136 valence electrons. The lowest BCUT2D eigenvalue weighted by atomic mass is 10.0. The lowest BCUT2D eigenvalue weighted by Gasteiger charge is -2.32. The van der Waals surface area contributed by atoms with Crippen LogP contribution in [0.1, 0.15) is 39.9 Å². The van der Waals surface area contributed by atoms with Crippen LogP contribution in [0.3, 0.4) is 0 Å². The highest BCUT2D eigenvalue weighted by atomic mass is 16.2. The zero-order chi connectivity index (χ0) is 18.5. The van der Waals surface area contributed by atoms with Crippen LogP contribution < -0.4 is 5.32 Å². The van der Waals surface area contributed by atoms with Gasteiger partial charge in [-0.05, 0) is 43.9 Å². The molecule has 0 aliphatic carbocycles. The van der Waals surface area contributed by atoms with Crippen LogP contribution >= 0.6 is 0 Å². The van der Waals surface area contributed by atoms with Gasteiger partial charge in [0, 0.05) is 24.7 Å². The van der Waals surface area contributed by atoms with Crippen LogP contribution in [-0.2, 0) is 11.2 Å². The summed E-state index contributed by atoms with van der Waals surface area (Å²) in [7, 11) is 0. The molecule has 1 heterocycles. The van der Waals surface area contributed by atoms with E-state index >= 15 is 0 Å². The van der Waals surface area contributed by atoms with Crippen molar-refractivity contribution in [2.75, 3.05) is 13.1 Å². The second kappa shape index (κ2) is 8.17. The number of hydrogen-bond donors (Lipinski definition) is 1. The molecule has 0 aromatic heterocycles. The first-order valence-electron chi connectivity index (χ1n) is 9.23. The van der Waals surface area contributed by atoms with Crippen LogP contribution in [0.25, 0.3) is 0 Å². The fourth-order valence-electron chi connectivity index (χ4n) is 3.36. The molecule has 0 atom stereocenters. The van der Waals surface area contributed by atoms with E-state index < -0.39 is 0 Å². The molecule has 2 aromatic rings. The highest BCUT2D eigenvalue weighted by Crippen LogP contribution is 2.15. The first kappa shape index (κ1) is 18.2. The summed E-state index contributed by atoms with van der Waals surface area (Å²) < 4.78 is 0. The highest BCUT2D eigenvalue weighted by Gasteiger charge is 2.24. The first-order valence-corrected chi connectivity index (χ1v) is 9.23. The van der Waals surface area contributed by atoms with Crippen molar-refractivity contribution in [2.24, 2.45) is 0 Å². The minimum absolute atomic E-state index is 0.0208.